The molecule has 1 fully saturated rings. The van der Waals surface area contributed by atoms with E-state index >= 15 is 0 Å². The zero-order valence-corrected chi connectivity index (χ0v) is 16.6. The second-order valence-corrected chi connectivity index (χ2v) is 8.00. The quantitative estimate of drug-likeness (QED) is 0.671. The van der Waals surface area contributed by atoms with Crippen molar-refractivity contribution in [1.29, 1.82) is 0 Å². The van der Waals surface area contributed by atoms with E-state index in [1.165, 1.54) is 33.0 Å². The highest BCUT2D eigenvalue weighted by atomic mass is 16.4. The lowest BCUT2D eigenvalue weighted by molar-refractivity contribution is -0.143. The molecular weight excluding hydrogens is 346 g/mol. The molecule has 1 aliphatic rings. The first-order chi connectivity index (χ1) is 13.5. The van der Waals surface area contributed by atoms with Crippen LogP contribution < -0.4 is 0 Å². The van der Waals surface area contributed by atoms with Crippen LogP contribution in [0.2, 0.25) is 0 Å². The average molecular weight is 373 g/mol. The molecule has 0 bridgehead atoms. The van der Waals surface area contributed by atoms with Crippen molar-refractivity contribution in [2.24, 2.45) is 5.92 Å². The fourth-order valence-corrected chi connectivity index (χ4v) is 4.55. The van der Waals surface area contributed by atoms with Gasteiger partial charge >= 0.3 is 5.97 Å². The highest BCUT2D eigenvalue weighted by molar-refractivity contribution is 5.86. The van der Waals surface area contributed by atoms with Crippen molar-refractivity contribution in [2.75, 3.05) is 13.1 Å². The predicted molar refractivity (Wildman–Crippen MR) is 114 cm³/mol. The van der Waals surface area contributed by atoms with Gasteiger partial charge in [0.2, 0.25) is 0 Å². The van der Waals surface area contributed by atoms with Crippen molar-refractivity contribution < 1.29 is 9.90 Å². The van der Waals surface area contributed by atoms with E-state index in [1.54, 1.807) is 0 Å². The molecule has 1 N–H and O–H groups in total. The maximum Gasteiger partial charge on any atom is 0.307 e. The molecule has 28 heavy (non-hydrogen) atoms. The number of rotatable bonds is 4. The first-order valence-corrected chi connectivity index (χ1v) is 10.1. The van der Waals surface area contributed by atoms with Gasteiger partial charge in [-0.25, -0.2) is 0 Å². The Hall–Kier alpha value is -2.65. The number of piperidine rings is 1. The molecular formula is C25H27NO2. The maximum absolute atomic E-state index is 11.7. The van der Waals surface area contributed by atoms with Gasteiger partial charge in [0.1, 0.15) is 0 Å². The van der Waals surface area contributed by atoms with Crippen LogP contribution in [0.15, 0.2) is 60.7 Å². The lowest BCUT2D eigenvalue weighted by atomic mass is 9.87. The van der Waals surface area contributed by atoms with E-state index < -0.39 is 5.97 Å². The van der Waals surface area contributed by atoms with Crippen LogP contribution in [0, 0.1) is 19.8 Å². The number of aliphatic carboxylic acids is 1. The summed E-state index contributed by atoms with van der Waals surface area (Å²) >= 11 is 0. The average Bonchev–Trinajstić information content (AvgIpc) is 2.71. The van der Waals surface area contributed by atoms with Crippen LogP contribution in [-0.4, -0.2) is 29.1 Å². The van der Waals surface area contributed by atoms with Gasteiger partial charge in [0.25, 0.3) is 0 Å². The third-order valence-corrected chi connectivity index (χ3v) is 6.01. The Morgan fingerprint density at radius 3 is 2.64 bits per heavy atom. The summed E-state index contributed by atoms with van der Waals surface area (Å²) in [7, 11) is 0. The molecule has 2 atom stereocenters. The number of carboxylic acids is 1. The summed E-state index contributed by atoms with van der Waals surface area (Å²) in [5.74, 6) is -0.973. The molecule has 4 rings (SSSR count). The van der Waals surface area contributed by atoms with Crippen molar-refractivity contribution in [1.82, 2.24) is 4.90 Å². The van der Waals surface area contributed by atoms with Crippen LogP contribution in [0.5, 0.6) is 0 Å². The minimum atomic E-state index is -0.678. The number of carboxylic acid groups (broad SMARTS) is 1. The van der Waals surface area contributed by atoms with E-state index in [2.05, 4.69) is 79.4 Å². The monoisotopic (exact) mass is 373 g/mol. The molecule has 144 valence electrons. The topological polar surface area (TPSA) is 40.5 Å². The Labute approximate surface area is 166 Å². The van der Waals surface area contributed by atoms with Crippen molar-refractivity contribution in [3.8, 4) is 0 Å². The molecule has 0 aromatic heterocycles. The summed E-state index contributed by atoms with van der Waals surface area (Å²) in [6, 6.07) is 21.6. The van der Waals surface area contributed by atoms with E-state index in [0.717, 1.165) is 19.4 Å². The summed E-state index contributed by atoms with van der Waals surface area (Å²) in [6.45, 7) is 5.80. The number of carbonyl (C=O) groups is 1. The smallest absolute Gasteiger partial charge is 0.307 e. The fraction of sp³-hybridized carbons (Fsp3) is 0.320. The number of hydrogen-bond acceptors (Lipinski definition) is 2. The van der Waals surface area contributed by atoms with Crippen molar-refractivity contribution >= 4 is 16.7 Å². The van der Waals surface area contributed by atoms with E-state index in [9.17, 15) is 9.90 Å². The molecule has 0 amide bonds. The summed E-state index contributed by atoms with van der Waals surface area (Å²) in [5, 5.41) is 12.1. The molecule has 1 aliphatic heterocycles. The number of aryl methyl sites for hydroxylation is 2. The van der Waals surface area contributed by atoms with Crippen molar-refractivity contribution in [2.45, 2.75) is 32.7 Å². The minimum absolute atomic E-state index is 0.0631. The second-order valence-electron chi connectivity index (χ2n) is 8.00. The molecule has 3 aromatic rings. The van der Waals surface area contributed by atoms with E-state index in [4.69, 9.17) is 0 Å². The van der Waals surface area contributed by atoms with Crippen molar-refractivity contribution in [3.05, 3.63) is 82.9 Å². The second kappa shape index (κ2) is 7.76. The van der Waals surface area contributed by atoms with Crippen LogP contribution in [0.1, 0.15) is 41.1 Å². The van der Waals surface area contributed by atoms with Crippen LogP contribution in [0.4, 0.5) is 0 Å². The number of hydrogen-bond donors (Lipinski definition) is 1. The van der Waals surface area contributed by atoms with E-state index in [-0.39, 0.29) is 12.0 Å². The van der Waals surface area contributed by atoms with E-state index in [1.807, 2.05) is 0 Å². The molecule has 3 heteroatoms. The first kappa shape index (κ1) is 18.7. The van der Waals surface area contributed by atoms with E-state index in [0.29, 0.717) is 6.54 Å². The fourth-order valence-electron chi connectivity index (χ4n) is 4.55. The third kappa shape index (κ3) is 3.55. The Morgan fingerprint density at radius 1 is 1.04 bits per heavy atom. The summed E-state index contributed by atoms with van der Waals surface area (Å²) in [4.78, 5) is 14.1. The molecule has 0 aliphatic carbocycles. The van der Waals surface area contributed by atoms with Gasteiger partial charge in [-0.2, -0.15) is 0 Å². The predicted octanol–water partition coefficient (Wildman–Crippen LogP) is 5.34. The van der Waals surface area contributed by atoms with Crippen LogP contribution >= 0.6 is 0 Å². The Bertz CT molecular complexity index is 1010. The molecule has 1 saturated heterocycles. The highest BCUT2D eigenvalue weighted by Gasteiger charge is 2.32. The van der Waals surface area contributed by atoms with Crippen LogP contribution in [-0.2, 0) is 4.79 Å². The van der Waals surface area contributed by atoms with Gasteiger partial charge in [0.05, 0.1) is 12.0 Å². The Kier molecular flexibility index (Phi) is 5.19. The highest BCUT2D eigenvalue weighted by Crippen LogP contribution is 2.37. The van der Waals surface area contributed by atoms with Gasteiger partial charge in [0, 0.05) is 6.54 Å². The van der Waals surface area contributed by atoms with Crippen LogP contribution in [0.25, 0.3) is 10.8 Å². The largest absolute Gasteiger partial charge is 0.481 e. The van der Waals surface area contributed by atoms with Gasteiger partial charge in [0.15, 0.2) is 0 Å². The Morgan fingerprint density at radius 2 is 1.82 bits per heavy atom. The van der Waals surface area contributed by atoms with Crippen LogP contribution in [0.3, 0.4) is 0 Å². The van der Waals surface area contributed by atoms with Gasteiger partial charge in [-0.1, -0.05) is 66.2 Å². The third-order valence-electron chi connectivity index (χ3n) is 6.01. The van der Waals surface area contributed by atoms with Gasteiger partial charge < -0.3 is 5.11 Å². The number of nitrogens with zero attached hydrogens (tertiary/aromatic N) is 1. The molecule has 1 heterocycles. The molecule has 0 radical (unpaired) electrons. The molecule has 3 aromatic carbocycles. The van der Waals surface area contributed by atoms with Gasteiger partial charge in [-0.05, 0) is 60.7 Å². The van der Waals surface area contributed by atoms with Crippen molar-refractivity contribution in [3.63, 3.8) is 0 Å². The lowest BCUT2D eigenvalue weighted by Crippen LogP contribution is -2.41. The Balaban J connectivity index is 1.89. The SMILES string of the molecule is Cc1ccc(C)c(C(c2cccc3ccccc23)N2CCCC(C(=O)O)C2)c1. The number of likely N-dealkylation sites (tertiary alicyclic amines) is 1. The molecule has 0 spiro atoms. The summed E-state index contributed by atoms with van der Waals surface area (Å²) in [5.41, 5.74) is 5.03. The maximum atomic E-state index is 11.7. The lowest BCUT2D eigenvalue weighted by Gasteiger charge is -2.38. The zero-order chi connectivity index (χ0) is 19.7. The first-order valence-electron chi connectivity index (χ1n) is 10.1. The van der Waals surface area contributed by atoms with Gasteiger partial charge in [-0.3, -0.25) is 9.69 Å². The number of fused-ring (bicyclic) bond motifs is 1. The standard InChI is InChI=1S/C25H27NO2/c1-17-12-13-18(2)23(15-17)24(26-14-6-9-20(16-26)25(27)28)22-11-5-8-19-7-3-4-10-21(19)22/h3-5,7-8,10-13,15,20,24H,6,9,14,16H2,1-2H3,(H,27,28). The zero-order valence-electron chi connectivity index (χ0n) is 16.6. The molecule has 2 unspecified atom stereocenters. The molecule has 0 saturated carbocycles. The minimum Gasteiger partial charge on any atom is -0.481 e. The molecule has 3 nitrogen and oxygen atoms in total. The summed E-state index contributed by atoms with van der Waals surface area (Å²) in [6.07, 6.45) is 1.68. The van der Waals surface area contributed by atoms with Gasteiger partial charge in [-0.15, -0.1) is 0 Å². The summed E-state index contributed by atoms with van der Waals surface area (Å²) < 4.78 is 0. The normalized spacial score (nSPS) is 18.9. The number of benzene rings is 3.